The van der Waals surface area contributed by atoms with Crippen molar-refractivity contribution in [3.8, 4) is 0 Å². The number of aliphatic carboxylic acids is 2. The summed E-state index contributed by atoms with van der Waals surface area (Å²) in [6, 6.07) is 0. The van der Waals surface area contributed by atoms with Crippen molar-refractivity contribution >= 4 is 11.9 Å². The van der Waals surface area contributed by atoms with Gasteiger partial charge in [0.05, 0.1) is 11.8 Å². The largest absolute Gasteiger partial charge is 0.481 e. The van der Waals surface area contributed by atoms with Crippen molar-refractivity contribution in [2.75, 3.05) is 20.1 Å². The normalized spacial score (nSPS) is 30.4. The van der Waals surface area contributed by atoms with Gasteiger partial charge in [0.15, 0.2) is 0 Å². The van der Waals surface area contributed by atoms with Crippen LogP contribution in [0, 0.1) is 11.8 Å². The molecule has 0 aromatic carbocycles. The van der Waals surface area contributed by atoms with Crippen LogP contribution in [-0.4, -0.2) is 47.2 Å². The van der Waals surface area contributed by atoms with Crippen molar-refractivity contribution in [1.82, 2.24) is 4.90 Å². The molecule has 0 bridgehead atoms. The fourth-order valence-corrected chi connectivity index (χ4v) is 1.50. The summed E-state index contributed by atoms with van der Waals surface area (Å²) < 4.78 is 0. The Bertz CT molecular complexity index is 193. The summed E-state index contributed by atoms with van der Waals surface area (Å²) >= 11 is 0. The first kappa shape index (κ1) is 8.99. The minimum absolute atomic E-state index is 0.326. The number of rotatable bonds is 2. The molecule has 0 radical (unpaired) electrons. The molecule has 1 aliphatic heterocycles. The van der Waals surface area contributed by atoms with Gasteiger partial charge in [-0.25, -0.2) is 0 Å². The first-order chi connectivity index (χ1) is 5.52. The van der Waals surface area contributed by atoms with E-state index in [0.717, 1.165) is 0 Å². The predicted molar refractivity (Wildman–Crippen MR) is 39.7 cm³/mol. The molecule has 2 atom stereocenters. The van der Waals surface area contributed by atoms with Crippen LogP contribution in [-0.2, 0) is 9.59 Å². The molecule has 5 heteroatoms. The topological polar surface area (TPSA) is 77.8 Å². The molecule has 1 fully saturated rings. The van der Waals surface area contributed by atoms with E-state index in [1.165, 1.54) is 0 Å². The maximum Gasteiger partial charge on any atom is 0.308 e. The lowest BCUT2D eigenvalue weighted by atomic mass is 9.97. The fraction of sp³-hybridized carbons (Fsp3) is 0.714. The highest BCUT2D eigenvalue weighted by molar-refractivity contribution is 5.81. The SMILES string of the molecule is CN1C[C@H](C(=O)O)[C@@H](C(=O)O)C1. The summed E-state index contributed by atoms with van der Waals surface area (Å²) in [5.74, 6) is -3.56. The molecular weight excluding hydrogens is 162 g/mol. The van der Waals surface area contributed by atoms with Gasteiger partial charge in [-0.1, -0.05) is 0 Å². The number of carbonyl (C=O) groups is 2. The molecule has 0 saturated carbocycles. The first-order valence-corrected chi connectivity index (χ1v) is 3.66. The highest BCUT2D eigenvalue weighted by atomic mass is 16.4. The lowest BCUT2D eigenvalue weighted by molar-refractivity contribution is -0.151. The van der Waals surface area contributed by atoms with E-state index in [9.17, 15) is 9.59 Å². The maximum atomic E-state index is 10.6. The first-order valence-electron chi connectivity index (χ1n) is 3.66. The second-order valence-electron chi connectivity index (χ2n) is 3.11. The van der Waals surface area contributed by atoms with Crippen molar-refractivity contribution in [2.24, 2.45) is 11.8 Å². The Morgan fingerprint density at radius 1 is 1.17 bits per heavy atom. The van der Waals surface area contributed by atoms with E-state index in [-0.39, 0.29) is 0 Å². The summed E-state index contributed by atoms with van der Waals surface area (Å²) in [5, 5.41) is 17.3. The van der Waals surface area contributed by atoms with Crippen LogP contribution in [0.4, 0.5) is 0 Å². The summed E-state index contributed by atoms with van der Waals surface area (Å²) in [6.07, 6.45) is 0. The summed E-state index contributed by atoms with van der Waals surface area (Å²) in [6.45, 7) is 0.651. The van der Waals surface area contributed by atoms with Crippen molar-refractivity contribution in [3.05, 3.63) is 0 Å². The van der Waals surface area contributed by atoms with E-state index in [2.05, 4.69) is 0 Å². The molecule has 0 aromatic heterocycles. The number of carboxylic acids is 2. The van der Waals surface area contributed by atoms with E-state index < -0.39 is 23.8 Å². The van der Waals surface area contributed by atoms with Crippen molar-refractivity contribution in [1.29, 1.82) is 0 Å². The van der Waals surface area contributed by atoms with Gasteiger partial charge in [-0.3, -0.25) is 9.59 Å². The third-order valence-corrected chi connectivity index (χ3v) is 2.14. The van der Waals surface area contributed by atoms with Crippen molar-refractivity contribution in [2.45, 2.75) is 0 Å². The van der Waals surface area contributed by atoms with E-state index in [1.54, 1.807) is 11.9 Å². The summed E-state index contributed by atoms with van der Waals surface area (Å²) in [7, 11) is 1.72. The van der Waals surface area contributed by atoms with Crippen LogP contribution in [0.3, 0.4) is 0 Å². The van der Waals surface area contributed by atoms with Gasteiger partial charge in [0.25, 0.3) is 0 Å². The Morgan fingerprint density at radius 2 is 1.50 bits per heavy atom. The van der Waals surface area contributed by atoms with E-state index in [1.807, 2.05) is 0 Å². The molecule has 5 nitrogen and oxygen atoms in total. The standard InChI is InChI=1S/C7H11NO4/c1-8-2-4(6(9)10)5(3-8)7(11)12/h4-5H,2-3H2,1H3,(H,9,10)(H,11,12)/t4-,5-/m0/s1. The molecule has 1 saturated heterocycles. The molecule has 1 rings (SSSR count). The van der Waals surface area contributed by atoms with Crippen LogP contribution < -0.4 is 0 Å². The van der Waals surface area contributed by atoms with Crippen LogP contribution in [0.15, 0.2) is 0 Å². The molecule has 0 spiro atoms. The van der Waals surface area contributed by atoms with Gasteiger partial charge in [0.2, 0.25) is 0 Å². The van der Waals surface area contributed by atoms with Crippen molar-refractivity contribution in [3.63, 3.8) is 0 Å². The Labute approximate surface area is 69.6 Å². The molecule has 0 aliphatic carbocycles. The second-order valence-corrected chi connectivity index (χ2v) is 3.11. The number of hydrogen-bond acceptors (Lipinski definition) is 3. The molecule has 1 aliphatic rings. The van der Waals surface area contributed by atoms with E-state index >= 15 is 0 Å². The number of likely N-dealkylation sites (tertiary alicyclic amines) is 1. The minimum atomic E-state index is -1.02. The van der Waals surface area contributed by atoms with Crippen LogP contribution in [0.1, 0.15) is 0 Å². The van der Waals surface area contributed by atoms with Crippen LogP contribution in [0.2, 0.25) is 0 Å². The Morgan fingerprint density at radius 3 is 1.75 bits per heavy atom. The quantitative estimate of drug-likeness (QED) is 0.579. The lowest BCUT2D eigenvalue weighted by Gasteiger charge is -2.07. The fourth-order valence-electron chi connectivity index (χ4n) is 1.50. The highest BCUT2D eigenvalue weighted by Crippen LogP contribution is 2.22. The van der Waals surface area contributed by atoms with Gasteiger partial charge in [-0.2, -0.15) is 0 Å². The Kier molecular flexibility index (Phi) is 2.32. The Balaban J connectivity index is 2.72. The number of carboxylic acid groups (broad SMARTS) is 2. The van der Waals surface area contributed by atoms with Gasteiger partial charge in [-0.15, -0.1) is 0 Å². The summed E-state index contributed by atoms with van der Waals surface area (Å²) in [5.41, 5.74) is 0. The third kappa shape index (κ3) is 1.55. The zero-order valence-corrected chi connectivity index (χ0v) is 6.73. The van der Waals surface area contributed by atoms with Gasteiger partial charge in [0, 0.05) is 13.1 Å². The van der Waals surface area contributed by atoms with Crippen LogP contribution >= 0.6 is 0 Å². The molecule has 2 N–H and O–H groups in total. The maximum absolute atomic E-state index is 10.6. The van der Waals surface area contributed by atoms with Gasteiger partial charge < -0.3 is 15.1 Å². The second kappa shape index (κ2) is 3.10. The predicted octanol–water partition coefficient (Wildman–Crippen LogP) is -0.667. The molecular formula is C7H11NO4. The van der Waals surface area contributed by atoms with E-state index in [0.29, 0.717) is 13.1 Å². The molecule has 0 aromatic rings. The molecule has 12 heavy (non-hydrogen) atoms. The smallest absolute Gasteiger partial charge is 0.308 e. The minimum Gasteiger partial charge on any atom is -0.481 e. The number of hydrogen-bond donors (Lipinski definition) is 2. The lowest BCUT2D eigenvalue weighted by Crippen LogP contribution is -2.28. The molecule has 68 valence electrons. The van der Waals surface area contributed by atoms with Crippen LogP contribution in [0.25, 0.3) is 0 Å². The van der Waals surface area contributed by atoms with E-state index in [4.69, 9.17) is 10.2 Å². The zero-order chi connectivity index (χ0) is 9.30. The van der Waals surface area contributed by atoms with Gasteiger partial charge in [0.1, 0.15) is 0 Å². The Hall–Kier alpha value is -1.10. The molecule has 1 heterocycles. The average molecular weight is 173 g/mol. The van der Waals surface area contributed by atoms with Gasteiger partial charge >= 0.3 is 11.9 Å². The van der Waals surface area contributed by atoms with Crippen LogP contribution in [0.5, 0.6) is 0 Å². The van der Waals surface area contributed by atoms with Gasteiger partial charge in [-0.05, 0) is 7.05 Å². The van der Waals surface area contributed by atoms with Crippen molar-refractivity contribution < 1.29 is 19.8 Å². The molecule has 0 amide bonds. The zero-order valence-electron chi connectivity index (χ0n) is 6.73. The number of nitrogens with zero attached hydrogens (tertiary/aromatic N) is 1. The highest BCUT2D eigenvalue weighted by Gasteiger charge is 2.40. The molecule has 0 unspecified atom stereocenters. The third-order valence-electron chi connectivity index (χ3n) is 2.14. The summed E-state index contributed by atoms with van der Waals surface area (Å²) in [4.78, 5) is 22.9. The average Bonchev–Trinajstić information content (AvgIpc) is 2.31. The monoisotopic (exact) mass is 173 g/mol.